The van der Waals surface area contributed by atoms with Gasteiger partial charge in [0.2, 0.25) is 0 Å². The van der Waals surface area contributed by atoms with E-state index in [2.05, 4.69) is 21.8 Å². The minimum Gasteiger partial charge on any atom is -0.349 e. The Labute approximate surface area is 126 Å². The predicted octanol–water partition coefficient (Wildman–Crippen LogP) is 3.32. The molecule has 0 aromatic carbocycles. The highest BCUT2D eigenvalue weighted by atomic mass is 16.1. The highest BCUT2D eigenvalue weighted by Gasteiger charge is 2.17. The summed E-state index contributed by atoms with van der Waals surface area (Å²) in [6, 6.07) is 7.69. The van der Waals surface area contributed by atoms with Crippen molar-refractivity contribution in [3.05, 3.63) is 52.6 Å². The zero-order chi connectivity index (χ0) is 15.6. The predicted molar refractivity (Wildman–Crippen MR) is 84.4 cm³/mol. The maximum Gasteiger partial charge on any atom is 0.253 e. The van der Waals surface area contributed by atoms with Crippen molar-refractivity contribution in [1.29, 1.82) is 0 Å². The Bertz CT molecular complexity index is 658. The molecule has 0 aliphatic heterocycles. The quantitative estimate of drug-likeness (QED) is 0.936. The van der Waals surface area contributed by atoms with Gasteiger partial charge in [0, 0.05) is 23.6 Å². The SMILES string of the molecule is CCn1c(C)cc(C(=O)N[C@@H](C)c2cccc(C)n2)c1C. The van der Waals surface area contributed by atoms with Gasteiger partial charge < -0.3 is 9.88 Å². The van der Waals surface area contributed by atoms with Gasteiger partial charge in [0.1, 0.15) is 0 Å². The number of carbonyl (C=O) groups excluding carboxylic acids is 1. The molecule has 0 spiro atoms. The summed E-state index contributed by atoms with van der Waals surface area (Å²) in [5, 5.41) is 3.03. The number of nitrogens with zero attached hydrogens (tertiary/aromatic N) is 2. The van der Waals surface area contributed by atoms with Gasteiger partial charge in [-0.25, -0.2) is 0 Å². The van der Waals surface area contributed by atoms with Gasteiger partial charge in [0.15, 0.2) is 0 Å². The lowest BCUT2D eigenvalue weighted by Crippen LogP contribution is -2.27. The van der Waals surface area contributed by atoms with Crippen LogP contribution in [0.25, 0.3) is 0 Å². The van der Waals surface area contributed by atoms with Crippen LogP contribution in [0.5, 0.6) is 0 Å². The molecule has 0 saturated carbocycles. The van der Waals surface area contributed by atoms with Crippen molar-refractivity contribution in [3.8, 4) is 0 Å². The van der Waals surface area contributed by atoms with Crippen LogP contribution in [0, 0.1) is 20.8 Å². The van der Waals surface area contributed by atoms with Gasteiger partial charge >= 0.3 is 0 Å². The van der Waals surface area contributed by atoms with Crippen LogP contribution < -0.4 is 5.32 Å². The van der Waals surface area contributed by atoms with Gasteiger partial charge in [-0.1, -0.05) is 6.07 Å². The van der Waals surface area contributed by atoms with E-state index in [0.29, 0.717) is 0 Å². The minimum atomic E-state index is -0.109. The number of aryl methyl sites for hydroxylation is 2. The Morgan fingerprint density at radius 1 is 1.33 bits per heavy atom. The molecule has 2 rings (SSSR count). The summed E-state index contributed by atoms with van der Waals surface area (Å²) in [5.74, 6) is -0.0430. The molecule has 0 aliphatic carbocycles. The maximum absolute atomic E-state index is 12.5. The van der Waals surface area contributed by atoms with E-state index in [-0.39, 0.29) is 11.9 Å². The topological polar surface area (TPSA) is 46.9 Å². The first-order chi connectivity index (χ1) is 9.93. The summed E-state index contributed by atoms with van der Waals surface area (Å²) in [5.41, 5.74) is 4.71. The second-order valence-electron chi connectivity index (χ2n) is 5.43. The third kappa shape index (κ3) is 3.15. The van der Waals surface area contributed by atoms with Gasteiger partial charge in [-0.15, -0.1) is 0 Å². The third-order valence-electron chi connectivity index (χ3n) is 3.84. The Morgan fingerprint density at radius 2 is 2.05 bits per heavy atom. The number of aromatic nitrogens is 2. The Balaban J connectivity index is 2.18. The summed E-state index contributed by atoms with van der Waals surface area (Å²) < 4.78 is 2.14. The molecule has 4 nitrogen and oxygen atoms in total. The van der Waals surface area contributed by atoms with Crippen molar-refractivity contribution < 1.29 is 4.79 Å². The molecule has 2 aromatic heterocycles. The molecule has 0 radical (unpaired) electrons. The number of amides is 1. The number of nitrogens with one attached hydrogen (secondary N) is 1. The summed E-state index contributed by atoms with van der Waals surface area (Å²) in [4.78, 5) is 16.9. The Morgan fingerprint density at radius 3 is 2.62 bits per heavy atom. The minimum absolute atomic E-state index is 0.0430. The first-order valence-corrected chi connectivity index (χ1v) is 7.35. The van der Waals surface area contributed by atoms with Crippen molar-refractivity contribution in [1.82, 2.24) is 14.9 Å². The van der Waals surface area contributed by atoms with Crippen molar-refractivity contribution >= 4 is 5.91 Å². The van der Waals surface area contributed by atoms with Crippen LogP contribution in [0.3, 0.4) is 0 Å². The monoisotopic (exact) mass is 285 g/mol. The van der Waals surface area contributed by atoms with Gasteiger partial charge in [-0.3, -0.25) is 9.78 Å². The van der Waals surface area contributed by atoms with E-state index in [1.807, 2.05) is 52.0 Å². The van der Waals surface area contributed by atoms with E-state index in [1.165, 1.54) is 0 Å². The molecule has 1 N–H and O–H groups in total. The fraction of sp³-hybridized carbons (Fsp3) is 0.412. The molecule has 2 aromatic rings. The molecule has 21 heavy (non-hydrogen) atoms. The third-order valence-corrected chi connectivity index (χ3v) is 3.84. The summed E-state index contributed by atoms with van der Waals surface area (Å²) in [6.45, 7) is 10.9. The fourth-order valence-corrected chi connectivity index (χ4v) is 2.67. The van der Waals surface area contributed by atoms with E-state index in [9.17, 15) is 4.79 Å². The highest BCUT2D eigenvalue weighted by Crippen LogP contribution is 2.17. The molecule has 2 heterocycles. The average Bonchev–Trinajstić information content (AvgIpc) is 2.73. The van der Waals surface area contributed by atoms with Crippen LogP contribution in [0.2, 0.25) is 0 Å². The number of hydrogen-bond donors (Lipinski definition) is 1. The van der Waals surface area contributed by atoms with Gasteiger partial charge in [0.05, 0.1) is 17.3 Å². The summed E-state index contributed by atoms with van der Waals surface area (Å²) in [6.07, 6.45) is 0. The highest BCUT2D eigenvalue weighted by molar-refractivity contribution is 5.95. The van der Waals surface area contributed by atoms with Crippen LogP contribution in [0.1, 0.15) is 53.0 Å². The molecule has 1 amide bonds. The molecular formula is C17H23N3O. The number of pyridine rings is 1. The Hall–Kier alpha value is -2.10. The van der Waals surface area contributed by atoms with Gasteiger partial charge in [0.25, 0.3) is 5.91 Å². The fourth-order valence-electron chi connectivity index (χ4n) is 2.67. The van der Waals surface area contributed by atoms with Gasteiger partial charge in [-0.05, 0) is 52.8 Å². The lowest BCUT2D eigenvalue weighted by atomic mass is 10.1. The molecule has 0 unspecified atom stereocenters. The second kappa shape index (κ2) is 6.12. The average molecular weight is 285 g/mol. The molecule has 0 aliphatic rings. The second-order valence-corrected chi connectivity index (χ2v) is 5.43. The van der Waals surface area contributed by atoms with Crippen LogP contribution in [0.15, 0.2) is 24.3 Å². The molecule has 0 fully saturated rings. The zero-order valence-corrected chi connectivity index (χ0v) is 13.4. The largest absolute Gasteiger partial charge is 0.349 e. The van der Waals surface area contributed by atoms with Crippen molar-refractivity contribution in [2.24, 2.45) is 0 Å². The smallest absolute Gasteiger partial charge is 0.253 e. The number of carbonyl (C=O) groups is 1. The van der Waals surface area contributed by atoms with Crippen LogP contribution in [0.4, 0.5) is 0 Å². The zero-order valence-electron chi connectivity index (χ0n) is 13.4. The van der Waals surface area contributed by atoms with E-state index >= 15 is 0 Å². The molecule has 112 valence electrons. The van der Waals surface area contributed by atoms with Crippen LogP contribution >= 0.6 is 0 Å². The summed E-state index contributed by atoms with van der Waals surface area (Å²) in [7, 11) is 0. The van der Waals surface area contributed by atoms with Crippen LogP contribution in [-0.2, 0) is 6.54 Å². The molecule has 0 bridgehead atoms. The van der Waals surface area contributed by atoms with Gasteiger partial charge in [-0.2, -0.15) is 0 Å². The number of rotatable bonds is 4. The normalized spacial score (nSPS) is 12.2. The van der Waals surface area contributed by atoms with Crippen LogP contribution in [-0.4, -0.2) is 15.5 Å². The maximum atomic E-state index is 12.5. The lowest BCUT2D eigenvalue weighted by molar-refractivity contribution is 0.0938. The molecule has 4 heteroatoms. The Kier molecular flexibility index (Phi) is 4.46. The molecule has 0 saturated heterocycles. The van der Waals surface area contributed by atoms with E-state index in [1.54, 1.807) is 0 Å². The number of hydrogen-bond acceptors (Lipinski definition) is 2. The first-order valence-electron chi connectivity index (χ1n) is 7.35. The summed E-state index contributed by atoms with van der Waals surface area (Å²) >= 11 is 0. The van der Waals surface area contributed by atoms with E-state index in [0.717, 1.165) is 34.9 Å². The van der Waals surface area contributed by atoms with Crippen molar-refractivity contribution in [2.45, 2.75) is 47.2 Å². The molecule has 1 atom stereocenters. The van der Waals surface area contributed by atoms with E-state index in [4.69, 9.17) is 0 Å². The lowest BCUT2D eigenvalue weighted by Gasteiger charge is -2.14. The standard InChI is InChI=1S/C17H23N3O/c1-6-20-12(3)10-15(14(20)5)17(21)19-13(4)16-9-7-8-11(2)18-16/h7-10,13H,6H2,1-5H3,(H,19,21)/t13-/m0/s1. The molecular weight excluding hydrogens is 262 g/mol. The van der Waals surface area contributed by atoms with Crippen molar-refractivity contribution in [3.63, 3.8) is 0 Å². The van der Waals surface area contributed by atoms with E-state index < -0.39 is 0 Å². The van der Waals surface area contributed by atoms with Crippen molar-refractivity contribution in [2.75, 3.05) is 0 Å². The first kappa shape index (κ1) is 15.3.